The Morgan fingerprint density at radius 1 is 1.10 bits per heavy atom. The molecule has 0 unspecified atom stereocenters. The quantitative estimate of drug-likeness (QED) is 0.365. The van der Waals surface area contributed by atoms with Crippen LogP contribution in [-0.2, 0) is 11.3 Å². The number of nitrogens with zero attached hydrogens (tertiary/aromatic N) is 1. The van der Waals surface area contributed by atoms with E-state index in [1.54, 1.807) is 29.8 Å². The number of rotatable bonds is 8. The predicted octanol–water partition coefficient (Wildman–Crippen LogP) is 5.28. The van der Waals surface area contributed by atoms with E-state index in [0.717, 1.165) is 37.6 Å². The van der Waals surface area contributed by atoms with Crippen LogP contribution in [0.15, 0.2) is 64.4 Å². The fraction of sp³-hybridized carbons (Fsp3) is 0.143. The van der Waals surface area contributed by atoms with E-state index in [0.29, 0.717) is 6.54 Å². The number of methoxy groups -OCH3 is 1. The SMILES string of the molecule is COc1ccccc1CNC(=O)CSc1nc(-c2cccs2)c(-c2cccs2)[nH]1. The van der Waals surface area contributed by atoms with Crippen LogP contribution < -0.4 is 10.1 Å². The number of nitrogens with one attached hydrogen (secondary N) is 2. The van der Waals surface area contributed by atoms with Gasteiger partial charge in [0.25, 0.3) is 0 Å². The maximum atomic E-state index is 12.3. The molecule has 3 heterocycles. The Bertz CT molecular complexity index is 1020. The number of H-pyrrole nitrogens is 1. The van der Waals surface area contributed by atoms with Crippen molar-refractivity contribution in [3.8, 4) is 26.9 Å². The van der Waals surface area contributed by atoms with E-state index in [2.05, 4.69) is 22.4 Å². The van der Waals surface area contributed by atoms with Crippen LogP contribution in [-0.4, -0.2) is 28.7 Å². The molecule has 8 heteroatoms. The molecule has 0 bridgehead atoms. The van der Waals surface area contributed by atoms with Gasteiger partial charge in [0.15, 0.2) is 5.16 Å². The Labute approximate surface area is 181 Å². The molecule has 0 fully saturated rings. The number of carbonyl (C=O) groups excluding carboxylic acids is 1. The first kappa shape index (κ1) is 19.8. The highest BCUT2D eigenvalue weighted by molar-refractivity contribution is 7.99. The predicted molar refractivity (Wildman–Crippen MR) is 121 cm³/mol. The van der Waals surface area contributed by atoms with Gasteiger partial charge in [-0.2, -0.15) is 0 Å². The van der Waals surface area contributed by atoms with Crippen molar-refractivity contribution < 1.29 is 9.53 Å². The molecule has 1 aromatic carbocycles. The van der Waals surface area contributed by atoms with Gasteiger partial charge in [-0.15, -0.1) is 22.7 Å². The van der Waals surface area contributed by atoms with Crippen LogP contribution in [0.2, 0.25) is 0 Å². The van der Waals surface area contributed by atoms with E-state index in [1.807, 2.05) is 47.2 Å². The Hall–Kier alpha value is -2.55. The first-order valence-corrected chi connectivity index (χ1v) is 11.7. The van der Waals surface area contributed by atoms with E-state index in [1.165, 1.54) is 11.8 Å². The van der Waals surface area contributed by atoms with Crippen molar-refractivity contribution >= 4 is 40.3 Å². The molecule has 0 atom stereocenters. The number of hydrogen-bond donors (Lipinski definition) is 2. The van der Waals surface area contributed by atoms with Gasteiger partial charge in [-0.1, -0.05) is 42.1 Å². The molecule has 3 aromatic heterocycles. The Balaban J connectivity index is 1.42. The third-order valence-corrected chi connectivity index (χ3v) is 6.85. The van der Waals surface area contributed by atoms with Gasteiger partial charge in [-0.3, -0.25) is 4.79 Å². The van der Waals surface area contributed by atoms with Crippen molar-refractivity contribution in [2.75, 3.05) is 12.9 Å². The number of ether oxygens (including phenoxy) is 1. The van der Waals surface area contributed by atoms with E-state index in [9.17, 15) is 4.79 Å². The molecular formula is C21H19N3O2S3. The van der Waals surface area contributed by atoms with Crippen LogP contribution in [0.3, 0.4) is 0 Å². The summed E-state index contributed by atoms with van der Waals surface area (Å²) in [6, 6.07) is 15.8. The normalized spacial score (nSPS) is 10.8. The van der Waals surface area contributed by atoms with Gasteiger partial charge < -0.3 is 15.0 Å². The van der Waals surface area contributed by atoms with Crippen molar-refractivity contribution in [1.82, 2.24) is 15.3 Å². The van der Waals surface area contributed by atoms with Crippen LogP contribution in [0.1, 0.15) is 5.56 Å². The zero-order valence-electron chi connectivity index (χ0n) is 15.7. The molecule has 0 saturated carbocycles. The van der Waals surface area contributed by atoms with Crippen LogP contribution in [0, 0.1) is 0 Å². The highest BCUT2D eigenvalue weighted by atomic mass is 32.2. The van der Waals surface area contributed by atoms with Crippen molar-refractivity contribution in [1.29, 1.82) is 0 Å². The summed E-state index contributed by atoms with van der Waals surface area (Å²) in [7, 11) is 1.63. The smallest absolute Gasteiger partial charge is 0.230 e. The lowest BCUT2D eigenvalue weighted by Crippen LogP contribution is -2.24. The molecule has 5 nitrogen and oxygen atoms in total. The average Bonchev–Trinajstić information content (AvgIpc) is 3.51. The topological polar surface area (TPSA) is 67.0 Å². The first-order valence-electron chi connectivity index (χ1n) is 8.93. The molecule has 29 heavy (non-hydrogen) atoms. The Morgan fingerprint density at radius 3 is 2.59 bits per heavy atom. The molecule has 0 aliphatic rings. The van der Waals surface area contributed by atoms with Crippen molar-refractivity contribution in [2.24, 2.45) is 0 Å². The van der Waals surface area contributed by atoms with E-state index in [-0.39, 0.29) is 11.7 Å². The van der Waals surface area contributed by atoms with Gasteiger partial charge in [-0.25, -0.2) is 4.98 Å². The third kappa shape index (κ3) is 4.72. The number of amides is 1. The number of imidazole rings is 1. The van der Waals surface area contributed by atoms with E-state index >= 15 is 0 Å². The number of benzene rings is 1. The molecule has 2 N–H and O–H groups in total. The standard InChI is InChI=1S/C21H19N3O2S3/c1-26-15-7-3-2-6-14(15)12-22-18(25)13-29-21-23-19(16-8-4-10-27-16)20(24-21)17-9-5-11-28-17/h2-11H,12-13H2,1H3,(H,22,25)(H,23,24). The molecule has 4 rings (SSSR count). The second kappa shape index (κ2) is 9.30. The maximum absolute atomic E-state index is 12.3. The van der Waals surface area contributed by atoms with Gasteiger partial charge >= 0.3 is 0 Å². The van der Waals surface area contributed by atoms with Crippen molar-refractivity contribution in [3.63, 3.8) is 0 Å². The van der Waals surface area contributed by atoms with Crippen LogP contribution in [0.25, 0.3) is 21.1 Å². The van der Waals surface area contributed by atoms with Gasteiger partial charge in [0.1, 0.15) is 11.4 Å². The third-order valence-electron chi connectivity index (χ3n) is 4.21. The molecule has 0 aliphatic heterocycles. The molecular weight excluding hydrogens is 422 g/mol. The van der Waals surface area contributed by atoms with Crippen LogP contribution >= 0.6 is 34.4 Å². The van der Waals surface area contributed by atoms with Crippen LogP contribution in [0.5, 0.6) is 5.75 Å². The van der Waals surface area contributed by atoms with Gasteiger partial charge in [0, 0.05) is 12.1 Å². The minimum atomic E-state index is -0.0485. The number of hydrogen-bond acceptors (Lipinski definition) is 6. The Kier molecular flexibility index (Phi) is 6.33. The zero-order valence-corrected chi connectivity index (χ0v) is 18.1. The minimum absolute atomic E-state index is 0.0485. The number of aromatic amines is 1. The second-order valence-electron chi connectivity index (χ2n) is 6.10. The summed E-state index contributed by atoms with van der Waals surface area (Å²) in [6.45, 7) is 0.433. The molecule has 0 spiro atoms. The summed E-state index contributed by atoms with van der Waals surface area (Å²) in [5, 5.41) is 7.77. The van der Waals surface area contributed by atoms with E-state index in [4.69, 9.17) is 9.72 Å². The second-order valence-corrected chi connectivity index (χ2v) is 8.96. The highest BCUT2D eigenvalue weighted by Gasteiger charge is 2.17. The minimum Gasteiger partial charge on any atom is -0.496 e. The number of para-hydroxylation sites is 1. The molecule has 0 saturated heterocycles. The summed E-state index contributed by atoms with van der Waals surface area (Å²) < 4.78 is 5.32. The molecule has 0 aliphatic carbocycles. The first-order chi connectivity index (χ1) is 14.2. The number of thiophene rings is 2. The lowest BCUT2D eigenvalue weighted by atomic mass is 10.2. The summed E-state index contributed by atoms with van der Waals surface area (Å²) in [4.78, 5) is 22.7. The monoisotopic (exact) mass is 441 g/mol. The molecule has 0 radical (unpaired) electrons. The molecule has 148 valence electrons. The summed E-state index contributed by atoms with van der Waals surface area (Å²) in [6.07, 6.45) is 0. The number of thioether (sulfide) groups is 1. The lowest BCUT2D eigenvalue weighted by molar-refractivity contribution is -0.118. The Morgan fingerprint density at radius 2 is 1.86 bits per heavy atom. The average molecular weight is 442 g/mol. The van der Waals surface area contributed by atoms with Gasteiger partial charge in [0.2, 0.25) is 5.91 Å². The zero-order chi connectivity index (χ0) is 20.1. The summed E-state index contributed by atoms with van der Waals surface area (Å²) in [5.41, 5.74) is 2.88. The van der Waals surface area contributed by atoms with Gasteiger partial charge in [0.05, 0.1) is 28.3 Å². The van der Waals surface area contributed by atoms with Crippen molar-refractivity contribution in [2.45, 2.75) is 11.7 Å². The fourth-order valence-electron chi connectivity index (χ4n) is 2.84. The fourth-order valence-corrected chi connectivity index (χ4v) is 4.98. The number of carbonyl (C=O) groups is 1. The van der Waals surface area contributed by atoms with E-state index < -0.39 is 0 Å². The molecule has 4 aromatic rings. The van der Waals surface area contributed by atoms with Crippen molar-refractivity contribution in [3.05, 3.63) is 64.9 Å². The van der Waals surface area contributed by atoms with Gasteiger partial charge in [-0.05, 0) is 29.0 Å². The maximum Gasteiger partial charge on any atom is 0.230 e. The highest BCUT2D eigenvalue weighted by Crippen LogP contribution is 2.36. The summed E-state index contributed by atoms with van der Waals surface area (Å²) in [5.74, 6) is 1.01. The number of aromatic nitrogens is 2. The molecule has 1 amide bonds. The lowest BCUT2D eigenvalue weighted by Gasteiger charge is -2.09. The largest absolute Gasteiger partial charge is 0.496 e. The summed E-state index contributed by atoms with van der Waals surface area (Å²) >= 11 is 4.73. The van der Waals surface area contributed by atoms with Crippen LogP contribution in [0.4, 0.5) is 0 Å².